The summed E-state index contributed by atoms with van der Waals surface area (Å²) in [4.78, 5) is 20.2. The third-order valence-corrected chi connectivity index (χ3v) is 4.95. The Morgan fingerprint density at radius 1 is 1.23 bits per heavy atom. The van der Waals surface area contributed by atoms with Gasteiger partial charge in [0.15, 0.2) is 11.4 Å². The topological polar surface area (TPSA) is 46.8 Å². The van der Waals surface area contributed by atoms with Crippen molar-refractivity contribution in [2.75, 3.05) is 11.5 Å². The highest BCUT2D eigenvalue weighted by molar-refractivity contribution is 6.08. The molecule has 0 spiro atoms. The third kappa shape index (κ3) is 2.46. The molecule has 5 heteroatoms. The molecular formula is C21H23N3O2. The molecule has 3 aromatic rings. The standard InChI is InChI=1S/C21H23N3O2/c1-4-16-19(23-12-8-11-18(26-5-2)20(23)22-16)21(25)24-14(3)13-15-9-6-7-10-17(15)24/h6-12,14H,4-5,13H2,1-3H3. The number of rotatable bonds is 4. The number of benzene rings is 1. The monoisotopic (exact) mass is 349 g/mol. The van der Waals surface area contributed by atoms with Crippen LogP contribution in [-0.4, -0.2) is 27.9 Å². The fourth-order valence-electron chi connectivity index (χ4n) is 3.82. The highest BCUT2D eigenvalue weighted by atomic mass is 16.5. The number of nitrogens with zero attached hydrogens (tertiary/aromatic N) is 3. The minimum Gasteiger partial charge on any atom is -0.490 e. The fraction of sp³-hybridized carbons (Fsp3) is 0.333. The molecule has 1 unspecified atom stereocenters. The lowest BCUT2D eigenvalue weighted by Gasteiger charge is -2.23. The molecule has 0 saturated heterocycles. The Balaban J connectivity index is 1.86. The van der Waals surface area contributed by atoms with E-state index < -0.39 is 0 Å². The summed E-state index contributed by atoms with van der Waals surface area (Å²) in [5.41, 5.74) is 4.36. The molecule has 3 heterocycles. The summed E-state index contributed by atoms with van der Waals surface area (Å²) in [6.45, 7) is 6.63. The van der Waals surface area contributed by atoms with Crippen LogP contribution >= 0.6 is 0 Å². The molecule has 1 aromatic carbocycles. The van der Waals surface area contributed by atoms with E-state index in [0.29, 0.717) is 30.1 Å². The lowest BCUT2D eigenvalue weighted by atomic mass is 10.1. The number of hydrogen-bond donors (Lipinski definition) is 0. The van der Waals surface area contributed by atoms with Crippen molar-refractivity contribution in [3.8, 4) is 5.75 Å². The first-order valence-electron chi connectivity index (χ1n) is 9.19. The molecule has 1 atom stereocenters. The minimum atomic E-state index is 0.000415. The number of para-hydroxylation sites is 1. The van der Waals surface area contributed by atoms with Gasteiger partial charge in [0.05, 0.1) is 12.3 Å². The number of ether oxygens (including phenoxy) is 1. The van der Waals surface area contributed by atoms with Crippen molar-refractivity contribution in [2.45, 2.75) is 39.7 Å². The van der Waals surface area contributed by atoms with Crippen molar-refractivity contribution in [1.29, 1.82) is 0 Å². The molecule has 1 aliphatic rings. The molecule has 0 radical (unpaired) electrons. The zero-order valence-electron chi connectivity index (χ0n) is 15.4. The van der Waals surface area contributed by atoms with E-state index in [-0.39, 0.29) is 11.9 Å². The predicted octanol–water partition coefficient (Wildman–Crippen LogP) is 3.89. The largest absolute Gasteiger partial charge is 0.490 e. The van der Waals surface area contributed by atoms with Gasteiger partial charge in [-0.15, -0.1) is 0 Å². The smallest absolute Gasteiger partial charge is 0.277 e. The van der Waals surface area contributed by atoms with Gasteiger partial charge in [-0.25, -0.2) is 4.98 Å². The van der Waals surface area contributed by atoms with E-state index in [9.17, 15) is 4.79 Å². The highest BCUT2D eigenvalue weighted by Crippen LogP contribution is 2.34. The van der Waals surface area contributed by atoms with Gasteiger partial charge < -0.3 is 9.64 Å². The van der Waals surface area contributed by atoms with Crippen molar-refractivity contribution in [3.63, 3.8) is 0 Å². The molecule has 2 aromatic heterocycles. The van der Waals surface area contributed by atoms with Crippen LogP contribution in [0.5, 0.6) is 5.75 Å². The van der Waals surface area contributed by atoms with E-state index in [1.165, 1.54) is 5.56 Å². The average Bonchev–Trinajstić information content (AvgIpc) is 3.18. The van der Waals surface area contributed by atoms with E-state index in [2.05, 4.69) is 13.0 Å². The van der Waals surface area contributed by atoms with Crippen molar-refractivity contribution in [3.05, 3.63) is 59.5 Å². The average molecular weight is 349 g/mol. The molecule has 0 aliphatic carbocycles. The maximum atomic E-state index is 13.6. The Bertz CT molecular complexity index is 977. The van der Waals surface area contributed by atoms with Crippen LogP contribution < -0.4 is 9.64 Å². The SMILES string of the molecule is CCOc1cccn2c(C(=O)N3c4ccccc4CC3C)c(CC)nc12. The second-order valence-corrected chi connectivity index (χ2v) is 6.62. The highest BCUT2D eigenvalue weighted by Gasteiger charge is 2.34. The van der Waals surface area contributed by atoms with Crippen LogP contribution in [0.25, 0.3) is 5.65 Å². The second kappa shape index (κ2) is 6.48. The Morgan fingerprint density at radius 2 is 2.04 bits per heavy atom. The lowest BCUT2D eigenvalue weighted by molar-refractivity contribution is 0.0975. The molecule has 26 heavy (non-hydrogen) atoms. The molecule has 5 nitrogen and oxygen atoms in total. The quantitative estimate of drug-likeness (QED) is 0.718. The Kier molecular flexibility index (Phi) is 4.15. The van der Waals surface area contributed by atoms with Gasteiger partial charge in [0.1, 0.15) is 5.69 Å². The molecule has 134 valence electrons. The van der Waals surface area contributed by atoms with Crippen LogP contribution in [-0.2, 0) is 12.8 Å². The van der Waals surface area contributed by atoms with E-state index >= 15 is 0 Å². The van der Waals surface area contributed by atoms with Gasteiger partial charge in [-0.3, -0.25) is 9.20 Å². The molecule has 0 fully saturated rings. The van der Waals surface area contributed by atoms with Crippen LogP contribution in [0.15, 0.2) is 42.6 Å². The van der Waals surface area contributed by atoms with Gasteiger partial charge in [-0.05, 0) is 50.5 Å². The molecule has 1 aliphatic heterocycles. The Labute approximate surface area is 153 Å². The van der Waals surface area contributed by atoms with Crippen LogP contribution in [0.3, 0.4) is 0 Å². The Morgan fingerprint density at radius 3 is 2.81 bits per heavy atom. The number of hydrogen-bond acceptors (Lipinski definition) is 3. The van der Waals surface area contributed by atoms with Crippen molar-refractivity contribution in [1.82, 2.24) is 9.38 Å². The first-order valence-corrected chi connectivity index (χ1v) is 9.19. The van der Waals surface area contributed by atoms with Crippen molar-refractivity contribution in [2.24, 2.45) is 0 Å². The van der Waals surface area contributed by atoms with E-state index in [4.69, 9.17) is 9.72 Å². The van der Waals surface area contributed by atoms with E-state index in [1.807, 2.05) is 59.7 Å². The zero-order chi connectivity index (χ0) is 18.3. The maximum absolute atomic E-state index is 13.6. The van der Waals surface area contributed by atoms with Gasteiger partial charge in [0.2, 0.25) is 0 Å². The lowest BCUT2D eigenvalue weighted by Crippen LogP contribution is -2.37. The summed E-state index contributed by atoms with van der Waals surface area (Å²) in [5.74, 6) is 0.707. The number of anilines is 1. The molecular weight excluding hydrogens is 326 g/mol. The fourth-order valence-corrected chi connectivity index (χ4v) is 3.82. The number of aryl methyl sites for hydroxylation is 1. The normalized spacial score (nSPS) is 16.1. The van der Waals surface area contributed by atoms with Gasteiger partial charge in [-0.1, -0.05) is 25.1 Å². The number of imidazole rings is 1. The third-order valence-electron chi connectivity index (χ3n) is 4.95. The second-order valence-electron chi connectivity index (χ2n) is 6.62. The Hall–Kier alpha value is -2.82. The molecule has 1 amide bonds. The predicted molar refractivity (Wildman–Crippen MR) is 102 cm³/mol. The summed E-state index contributed by atoms with van der Waals surface area (Å²) < 4.78 is 7.58. The number of amides is 1. The van der Waals surface area contributed by atoms with Gasteiger partial charge in [0, 0.05) is 17.9 Å². The van der Waals surface area contributed by atoms with Crippen LogP contribution in [0.1, 0.15) is 42.5 Å². The summed E-state index contributed by atoms with van der Waals surface area (Å²) in [6, 6.07) is 12.1. The molecule has 0 N–H and O–H groups in total. The number of carbonyl (C=O) groups excluding carboxylic acids is 1. The van der Waals surface area contributed by atoms with Gasteiger partial charge in [0.25, 0.3) is 5.91 Å². The number of fused-ring (bicyclic) bond motifs is 2. The number of carbonyl (C=O) groups is 1. The summed E-state index contributed by atoms with van der Waals surface area (Å²) in [5, 5.41) is 0. The summed E-state index contributed by atoms with van der Waals surface area (Å²) in [6.07, 6.45) is 3.46. The van der Waals surface area contributed by atoms with Gasteiger partial charge >= 0.3 is 0 Å². The number of pyridine rings is 1. The summed E-state index contributed by atoms with van der Waals surface area (Å²) >= 11 is 0. The van der Waals surface area contributed by atoms with Crippen molar-refractivity contribution < 1.29 is 9.53 Å². The maximum Gasteiger partial charge on any atom is 0.277 e. The van der Waals surface area contributed by atoms with Crippen molar-refractivity contribution >= 4 is 17.2 Å². The van der Waals surface area contributed by atoms with E-state index in [1.54, 1.807) is 0 Å². The zero-order valence-corrected chi connectivity index (χ0v) is 15.4. The molecule has 4 rings (SSSR count). The first-order chi connectivity index (χ1) is 12.7. The van der Waals surface area contributed by atoms with Crippen LogP contribution in [0, 0.1) is 0 Å². The number of aromatic nitrogens is 2. The van der Waals surface area contributed by atoms with Crippen LogP contribution in [0.2, 0.25) is 0 Å². The van der Waals surface area contributed by atoms with E-state index in [0.717, 1.165) is 17.8 Å². The first kappa shape index (κ1) is 16.6. The van der Waals surface area contributed by atoms with Crippen LogP contribution in [0.4, 0.5) is 5.69 Å². The summed E-state index contributed by atoms with van der Waals surface area (Å²) in [7, 11) is 0. The molecule has 0 saturated carbocycles. The molecule has 0 bridgehead atoms. The minimum absolute atomic E-state index is 0.000415. The van der Waals surface area contributed by atoms with Gasteiger partial charge in [-0.2, -0.15) is 0 Å².